The molecule has 0 bridgehead atoms. The fourth-order valence-corrected chi connectivity index (χ4v) is 3.43. The van der Waals surface area contributed by atoms with E-state index in [0.717, 1.165) is 40.1 Å². The molecule has 0 spiro atoms. The van der Waals surface area contributed by atoms with Crippen molar-refractivity contribution in [1.29, 1.82) is 0 Å². The lowest BCUT2D eigenvalue weighted by Crippen LogP contribution is -2.10. The largest absolute Gasteiger partial charge is 0.416 e. The van der Waals surface area contributed by atoms with Crippen LogP contribution in [0.5, 0.6) is 0 Å². The number of hydrogen-bond donors (Lipinski definition) is 1. The maximum Gasteiger partial charge on any atom is 0.416 e. The number of alkyl halides is 3. The van der Waals surface area contributed by atoms with Crippen molar-refractivity contribution in [3.63, 3.8) is 0 Å². The van der Waals surface area contributed by atoms with Gasteiger partial charge in [-0.3, -0.25) is 9.97 Å². The van der Waals surface area contributed by atoms with Gasteiger partial charge in [0.05, 0.1) is 10.6 Å². The highest BCUT2D eigenvalue weighted by atomic mass is 35.5. The van der Waals surface area contributed by atoms with Crippen LogP contribution in [0.25, 0.3) is 11.0 Å². The highest BCUT2D eigenvalue weighted by Gasteiger charge is 2.32. The summed E-state index contributed by atoms with van der Waals surface area (Å²) < 4.78 is 39.3. The summed E-state index contributed by atoms with van der Waals surface area (Å²) >= 11 is 6.03. The first kappa shape index (κ1) is 19.4. The number of nitrogens with one attached hydrogen (secondary N) is 1. The Morgan fingerprint density at radius 1 is 0.966 bits per heavy atom. The van der Waals surface area contributed by atoms with Crippen LogP contribution in [0.15, 0.2) is 55.2 Å². The molecule has 4 heterocycles. The van der Waals surface area contributed by atoms with Crippen molar-refractivity contribution in [2.45, 2.75) is 25.4 Å². The Bertz CT molecular complexity index is 1140. The molecule has 0 amide bonds. The molecule has 1 N–H and O–H groups in total. The quantitative estimate of drug-likeness (QED) is 0.474. The van der Waals surface area contributed by atoms with Gasteiger partial charge in [-0.15, -0.1) is 0 Å². The Hall–Kier alpha value is -2.93. The molecule has 4 aromatic rings. The van der Waals surface area contributed by atoms with Gasteiger partial charge in [-0.2, -0.15) is 13.2 Å². The minimum Gasteiger partial charge on any atom is -0.346 e. The zero-order chi connectivity index (χ0) is 20.4. The molecular weight excluding hydrogens is 401 g/mol. The van der Waals surface area contributed by atoms with Gasteiger partial charge >= 0.3 is 6.18 Å². The molecule has 29 heavy (non-hydrogen) atoms. The molecule has 0 unspecified atom stereocenters. The van der Waals surface area contributed by atoms with E-state index >= 15 is 0 Å². The van der Waals surface area contributed by atoms with Crippen LogP contribution in [0, 0.1) is 0 Å². The minimum atomic E-state index is -4.38. The summed E-state index contributed by atoms with van der Waals surface area (Å²) in [5, 5.41) is 1.53. The van der Waals surface area contributed by atoms with E-state index in [1.807, 2.05) is 24.4 Å². The van der Waals surface area contributed by atoms with Crippen LogP contribution < -0.4 is 0 Å². The van der Waals surface area contributed by atoms with Crippen LogP contribution in [-0.4, -0.2) is 19.9 Å². The van der Waals surface area contributed by atoms with Crippen molar-refractivity contribution in [2.75, 3.05) is 0 Å². The lowest BCUT2D eigenvalue weighted by Gasteiger charge is -2.11. The molecule has 4 rings (SSSR count). The highest BCUT2D eigenvalue weighted by molar-refractivity contribution is 6.31. The van der Waals surface area contributed by atoms with E-state index in [4.69, 9.17) is 11.6 Å². The number of aromatic amines is 1. The number of rotatable bonds is 5. The van der Waals surface area contributed by atoms with E-state index in [2.05, 4.69) is 19.9 Å². The molecule has 0 aliphatic carbocycles. The normalized spacial score (nSPS) is 11.9. The van der Waals surface area contributed by atoms with E-state index in [0.29, 0.717) is 17.9 Å². The maximum absolute atomic E-state index is 13.1. The van der Waals surface area contributed by atoms with Crippen molar-refractivity contribution >= 4 is 22.6 Å². The number of nitrogens with zero attached hydrogens (tertiary/aromatic N) is 3. The van der Waals surface area contributed by atoms with Gasteiger partial charge in [-0.1, -0.05) is 17.7 Å². The second-order valence-corrected chi connectivity index (χ2v) is 7.17. The number of aromatic nitrogens is 4. The first-order valence-corrected chi connectivity index (χ1v) is 9.33. The van der Waals surface area contributed by atoms with Gasteiger partial charge in [0.2, 0.25) is 0 Å². The molecule has 148 valence electrons. The van der Waals surface area contributed by atoms with Gasteiger partial charge in [0, 0.05) is 48.5 Å². The zero-order valence-corrected chi connectivity index (χ0v) is 15.9. The van der Waals surface area contributed by atoms with Crippen LogP contribution in [0.4, 0.5) is 13.2 Å². The number of hydrogen-bond acceptors (Lipinski definition) is 3. The average Bonchev–Trinajstić information content (AvgIpc) is 3.09. The summed E-state index contributed by atoms with van der Waals surface area (Å²) in [4.78, 5) is 15.6. The van der Waals surface area contributed by atoms with E-state index in [1.165, 1.54) is 6.20 Å². The molecular formula is C21H16ClF3N4. The minimum absolute atomic E-state index is 0.175. The number of pyridine rings is 3. The molecule has 4 aromatic heterocycles. The first-order valence-electron chi connectivity index (χ1n) is 8.95. The molecule has 8 heteroatoms. The smallest absolute Gasteiger partial charge is 0.346 e. The van der Waals surface area contributed by atoms with Gasteiger partial charge in [0.1, 0.15) is 5.65 Å². The molecule has 0 radical (unpaired) electrons. The molecule has 0 saturated heterocycles. The van der Waals surface area contributed by atoms with Gasteiger partial charge in [0.25, 0.3) is 0 Å². The zero-order valence-electron chi connectivity index (χ0n) is 15.2. The lowest BCUT2D eigenvalue weighted by molar-refractivity contribution is -0.138. The maximum atomic E-state index is 13.1. The third-order valence-corrected chi connectivity index (χ3v) is 4.93. The van der Waals surface area contributed by atoms with Crippen molar-refractivity contribution in [3.8, 4) is 0 Å². The summed E-state index contributed by atoms with van der Waals surface area (Å²) in [6.45, 7) is 0. The standard InChI is InChI=1S/C21H16ClF3N4/c22-16-8-18-15(11-28-20(18)29-12-16)7-13-1-3-17(27-9-13)4-2-14-10-26-6-5-19(14)21(23,24)25/h1,3,5-6,8-12H,2,4,7H2,(H,28,29). The van der Waals surface area contributed by atoms with Crippen LogP contribution in [0.3, 0.4) is 0 Å². The summed E-state index contributed by atoms with van der Waals surface area (Å²) in [6, 6.07) is 6.66. The van der Waals surface area contributed by atoms with Crippen LogP contribution in [-0.2, 0) is 25.4 Å². The summed E-state index contributed by atoms with van der Waals surface area (Å²) in [7, 11) is 0. The first-order chi connectivity index (χ1) is 13.9. The third-order valence-electron chi connectivity index (χ3n) is 4.72. The second kappa shape index (κ2) is 7.83. The number of H-pyrrole nitrogens is 1. The van der Waals surface area contributed by atoms with Gasteiger partial charge < -0.3 is 4.98 Å². The van der Waals surface area contributed by atoms with E-state index in [9.17, 15) is 13.2 Å². The molecule has 4 nitrogen and oxygen atoms in total. The van der Waals surface area contributed by atoms with E-state index in [-0.39, 0.29) is 12.0 Å². The topological polar surface area (TPSA) is 54.5 Å². The Labute approximate surface area is 169 Å². The van der Waals surface area contributed by atoms with Gasteiger partial charge in [-0.05, 0) is 47.7 Å². The van der Waals surface area contributed by atoms with Crippen molar-refractivity contribution < 1.29 is 13.2 Å². The van der Waals surface area contributed by atoms with Gasteiger partial charge in [0.15, 0.2) is 0 Å². The fourth-order valence-electron chi connectivity index (χ4n) is 3.27. The monoisotopic (exact) mass is 416 g/mol. The Morgan fingerprint density at radius 3 is 2.59 bits per heavy atom. The Morgan fingerprint density at radius 2 is 1.83 bits per heavy atom. The third kappa shape index (κ3) is 4.40. The molecule has 0 aliphatic rings. The molecule has 0 aliphatic heterocycles. The highest BCUT2D eigenvalue weighted by Crippen LogP contribution is 2.32. The van der Waals surface area contributed by atoms with Crippen LogP contribution in [0.1, 0.15) is 27.9 Å². The fraction of sp³-hybridized carbons (Fsp3) is 0.190. The predicted octanol–water partition coefficient (Wildman–Crippen LogP) is 5.40. The summed E-state index contributed by atoms with van der Waals surface area (Å²) in [5.41, 5.74) is 3.08. The van der Waals surface area contributed by atoms with Crippen molar-refractivity contribution in [3.05, 3.63) is 88.2 Å². The van der Waals surface area contributed by atoms with Crippen molar-refractivity contribution in [1.82, 2.24) is 19.9 Å². The number of aryl methyl sites for hydroxylation is 2. The molecule has 0 aromatic carbocycles. The number of halogens is 4. The molecule has 0 saturated carbocycles. The SMILES string of the molecule is FC(F)(F)c1ccncc1CCc1ccc(Cc2c[nH]c3ncc(Cl)cc23)cn1. The van der Waals surface area contributed by atoms with Gasteiger partial charge in [-0.25, -0.2) is 4.98 Å². The summed E-state index contributed by atoms with van der Waals surface area (Å²) in [6.07, 6.45) is 4.56. The van der Waals surface area contributed by atoms with E-state index in [1.54, 1.807) is 12.4 Å². The predicted molar refractivity (Wildman–Crippen MR) is 105 cm³/mol. The Kier molecular flexibility index (Phi) is 5.24. The Balaban J connectivity index is 1.45. The van der Waals surface area contributed by atoms with Crippen molar-refractivity contribution in [2.24, 2.45) is 0 Å². The molecule has 0 atom stereocenters. The van der Waals surface area contributed by atoms with Crippen LogP contribution >= 0.6 is 11.6 Å². The lowest BCUT2D eigenvalue weighted by atomic mass is 10.0. The number of fused-ring (bicyclic) bond motifs is 1. The molecule has 0 fully saturated rings. The van der Waals surface area contributed by atoms with Crippen LogP contribution in [0.2, 0.25) is 5.02 Å². The second-order valence-electron chi connectivity index (χ2n) is 6.73. The summed E-state index contributed by atoms with van der Waals surface area (Å²) in [5.74, 6) is 0. The van der Waals surface area contributed by atoms with E-state index < -0.39 is 11.7 Å². The average molecular weight is 417 g/mol.